The van der Waals surface area contributed by atoms with Crippen molar-refractivity contribution in [2.24, 2.45) is 5.73 Å². The third kappa shape index (κ3) is 4.64. The number of alkyl halides is 2. The van der Waals surface area contributed by atoms with Crippen LogP contribution >= 0.6 is 0 Å². The topological polar surface area (TPSA) is 38.0 Å². The molecule has 0 spiro atoms. The second kappa shape index (κ2) is 5.56. The van der Waals surface area contributed by atoms with Crippen LogP contribution in [-0.2, 0) is 0 Å². The Kier molecular flexibility index (Phi) is 5.43. The van der Waals surface area contributed by atoms with Crippen molar-refractivity contribution >= 4 is 0 Å². The van der Waals surface area contributed by atoms with Crippen molar-refractivity contribution < 1.29 is 8.78 Å². The Hall–Kier alpha value is -0.220. The van der Waals surface area contributed by atoms with Gasteiger partial charge in [0.15, 0.2) is 0 Å². The molecule has 3 N–H and O–H groups in total. The molecule has 0 aliphatic rings. The number of nitrogens with two attached hydrogens (primary N) is 1. The molecule has 62 valence electrons. The molecule has 1 atom stereocenters. The third-order valence-corrected chi connectivity index (χ3v) is 1.34. The quantitative estimate of drug-likeness (QED) is 0.604. The van der Waals surface area contributed by atoms with Gasteiger partial charge >= 0.3 is 0 Å². The van der Waals surface area contributed by atoms with Crippen molar-refractivity contribution in [3.05, 3.63) is 0 Å². The lowest BCUT2D eigenvalue weighted by Gasteiger charge is -2.13. The Morgan fingerprint density at radius 1 is 1.50 bits per heavy atom. The van der Waals surface area contributed by atoms with E-state index < -0.39 is 6.43 Å². The molecule has 0 radical (unpaired) electrons. The van der Waals surface area contributed by atoms with Crippen LogP contribution in [0.5, 0.6) is 0 Å². The number of hydrogen-bond donors (Lipinski definition) is 2. The summed E-state index contributed by atoms with van der Waals surface area (Å²) in [5, 5.41) is 2.64. The van der Waals surface area contributed by atoms with E-state index in [0.717, 1.165) is 6.42 Å². The number of rotatable bonds is 5. The van der Waals surface area contributed by atoms with Crippen LogP contribution in [0.3, 0.4) is 0 Å². The smallest absolute Gasteiger partial charge is 0.250 e. The molecule has 0 aromatic rings. The van der Waals surface area contributed by atoms with Crippen LogP contribution in [0.15, 0.2) is 0 Å². The fraction of sp³-hybridized carbons (Fsp3) is 1.00. The molecule has 0 saturated heterocycles. The predicted octanol–water partition coefficient (Wildman–Crippen LogP) is 0.578. The first-order valence-corrected chi connectivity index (χ1v) is 3.42. The zero-order chi connectivity index (χ0) is 7.98. The highest BCUT2D eigenvalue weighted by Crippen LogP contribution is 1.92. The van der Waals surface area contributed by atoms with Gasteiger partial charge in [-0.2, -0.15) is 0 Å². The van der Waals surface area contributed by atoms with Gasteiger partial charge in [0.2, 0.25) is 0 Å². The minimum Gasteiger partial charge on any atom is -0.329 e. The van der Waals surface area contributed by atoms with Crippen LogP contribution in [0.2, 0.25) is 0 Å². The van der Waals surface area contributed by atoms with E-state index in [1.54, 1.807) is 0 Å². The minimum absolute atomic E-state index is 0.0361. The van der Waals surface area contributed by atoms with Crippen LogP contribution in [0.25, 0.3) is 0 Å². The second-order valence-corrected chi connectivity index (χ2v) is 2.14. The summed E-state index contributed by atoms with van der Waals surface area (Å²) in [5.41, 5.74) is 5.26. The van der Waals surface area contributed by atoms with Gasteiger partial charge in [0, 0.05) is 12.6 Å². The molecule has 0 aliphatic carbocycles. The van der Waals surface area contributed by atoms with Gasteiger partial charge in [0.25, 0.3) is 6.43 Å². The van der Waals surface area contributed by atoms with Crippen molar-refractivity contribution in [1.29, 1.82) is 0 Å². The Morgan fingerprint density at radius 2 is 2.10 bits per heavy atom. The largest absolute Gasteiger partial charge is 0.329 e. The van der Waals surface area contributed by atoms with Gasteiger partial charge in [-0.25, -0.2) is 8.78 Å². The monoisotopic (exact) mass is 152 g/mol. The van der Waals surface area contributed by atoms with E-state index in [9.17, 15) is 8.78 Å². The second-order valence-electron chi connectivity index (χ2n) is 2.14. The highest BCUT2D eigenvalue weighted by Gasteiger charge is 2.06. The third-order valence-electron chi connectivity index (χ3n) is 1.34. The minimum atomic E-state index is -2.28. The molecule has 0 rings (SSSR count). The predicted molar refractivity (Wildman–Crippen MR) is 37.1 cm³/mol. The van der Waals surface area contributed by atoms with E-state index in [1.807, 2.05) is 6.92 Å². The number of halogens is 2. The van der Waals surface area contributed by atoms with Gasteiger partial charge in [-0.3, -0.25) is 0 Å². The van der Waals surface area contributed by atoms with Crippen LogP contribution in [0, 0.1) is 0 Å². The van der Waals surface area contributed by atoms with E-state index in [2.05, 4.69) is 5.32 Å². The summed E-state index contributed by atoms with van der Waals surface area (Å²) in [6, 6.07) is 0.0361. The van der Waals surface area contributed by atoms with Crippen LogP contribution < -0.4 is 11.1 Å². The van der Waals surface area contributed by atoms with E-state index in [1.165, 1.54) is 0 Å². The van der Waals surface area contributed by atoms with Crippen molar-refractivity contribution in [2.45, 2.75) is 25.8 Å². The normalized spacial score (nSPS) is 14.1. The molecule has 4 heteroatoms. The maximum Gasteiger partial charge on any atom is 0.250 e. The molecule has 0 aromatic heterocycles. The van der Waals surface area contributed by atoms with Gasteiger partial charge in [-0.05, 0) is 6.42 Å². The van der Waals surface area contributed by atoms with Crippen LogP contribution in [0.1, 0.15) is 13.3 Å². The Morgan fingerprint density at radius 3 is 2.40 bits per heavy atom. The molecule has 0 aromatic carbocycles. The lowest BCUT2D eigenvalue weighted by Crippen LogP contribution is -2.38. The zero-order valence-electron chi connectivity index (χ0n) is 6.11. The van der Waals surface area contributed by atoms with Crippen LogP contribution in [-0.4, -0.2) is 25.6 Å². The molecule has 1 unspecified atom stereocenters. The van der Waals surface area contributed by atoms with Crippen molar-refractivity contribution in [2.75, 3.05) is 13.1 Å². The summed E-state index contributed by atoms with van der Waals surface area (Å²) in [6.45, 7) is 2.08. The van der Waals surface area contributed by atoms with E-state index in [-0.39, 0.29) is 12.6 Å². The van der Waals surface area contributed by atoms with Crippen molar-refractivity contribution in [3.63, 3.8) is 0 Å². The van der Waals surface area contributed by atoms with E-state index in [0.29, 0.717) is 6.54 Å². The van der Waals surface area contributed by atoms with Crippen molar-refractivity contribution in [3.8, 4) is 0 Å². The summed E-state index contributed by atoms with van der Waals surface area (Å²) in [6.07, 6.45) is -1.48. The molecule has 0 bridgehead atoms. The summed E-state index contributed by atoms with van der Waals surface area (Å²) < 4.78 is 23.1. The van der Waals surface area contributed by atoms with Gasteiger partial charge in [-0.1, -0.05) is 6.92 Å². The molecule has 0 fully saturated rings. The molecular weight excluding hydrogens is 138 g/mol. The van der Waals surface area contributed by atoms with Gasteiger partial charge < -0.3 is 11.1 Å². The average molecular weight is 152 g/mol. The molecule has 0 aliphatic heterocycles. The molecular formula is C6H14F2N2. The maximum absolute atomic E-state index is 11.6. The van der Waals surface area contributed by atoms with Gasteiger partial charge in [0.1, 0.15) is 0 Å². The Balaban J connectivity index is 3.26. The fourth-order valence-corrected chi connectivity index (χ4v) is 0.650. The van der Waals surface area contributed by atoms with Gasteiger partial charge in [0.05, 0.1) is 6.54 Å². The number of nitrogens with one attached hydrogen (secondary N) is 1. The first kappa shape index (κ1) is 9.78. The molecule has 0 amide bonds. The Bertz CT molecular complexity index is 74.1. The first-order chi connectivity index (χ1) is 4.70. The molecule has 2 nitrogen and oxygen atoms in total. The first-order valence-electron chi connectivity index (χ1n) is 3.42. The average Bonchev–Trinajstić information content (AvgIpc) is 1.90. The summed E-state index contributed by atoms with van der Waals surface area (Å²) in [5.74, 6) is 0. The molecule has 10 heavy (non-hydrogen) atoms. The molecule has 0 saturated carbocycles. The maximum atomic E-state index is 11.6. The zero-order valence-corrected chi connectivity index (χ0v) is 6.11. The highest BCUT2D eigenvalue weighted by molar-refractivity contribution is 4.64. The lowest BCUT2D eigenvalue weighted by molar-refractivity contribution is 0.141. The van der Waals surface area contributed by atoms with Crippen molar-refractivity contribution in [1.82, 2.24) is 5.32 Å². The molecule has 0 heterocycles. The standard InChI is InChI=1S/C6H14F2N2/c1-2-5(3-9)10-4-6(7)8/h5-6,10H,2-4,9H2,1H3. The number of hydrogen-bond acceptors (Lipinski definition) is 2. The fourth-order valence-electron chi connectivity index (χ4n) is 0.650. The van der Waals surface area contributed by atoms with Crippen LogP contribution in [0.4, 0.5) is 8.78 Å². The summed E-state index contributed by atoms with van der Waals surface area (Å²) >= 11 is 0. The SMILES string of the molecule is CCC(CN)NCC(F)F. The summed E-state index contributed by atoms with van der Waals surface area (Å²) in [4.78, 5) is 0. The van der Waals surface area contributed by atoms with E-state index >= 15 is 0 Å². The highest BCUT2D eigenvalue weighted by atomic mass is 19.3. The summed E-state index contributed by atoms with van der Waals surface area (Å²) in [7, 11) is 0. The van der Waals surface area contributed by atoms with Gasteiger partial charge in [-0.15, -0.1) is 0 Å². The Labute approximate surface area is 59.8 Å². The van der Waals surface area contributed by atoms with E-state index in [4.69, 9.17) is 5.73 Å². The lowest BCUT2D eigenvalue weighted by atomic mass is 10.2.